The van der Waals surface area contributed by atoms with E-state index in [1.165, 1.54) is 12.1 Å². The number of aromatic nitrogens is 4. The summed E-state index contributed by atoms with van der Waals surface area (Å²) in [6, 6.07) is 16.2. The summed E-state index contributed by atoms with van der Waals surface area (Å²) in [7, 11) is 0. The first kappa shape index (κ1) is 39.3. The van der Waals surface area contributed by atoms with Gasteiger partial charge in [0.05, 0.1) is 11.1 Å². The van der Waals surface area contributed by atoms with Crippen LogP contribution in [0.3, 0.4) is 0 Å². The fourth-order valence-electron chi connectivity index (χ4n) is 6.83. The average molecular weight is 754 g/mol. The summed E-state index contributed by atoms with van der Waals surface area (Å²) in [6.07, 6.45) is -0.240. The summed E-state index contributed by atoms with van der Waals surface area (Å²) in [5.74, 6) is -0.821. The second-order valence-electron chi connectivity index (χ2n) is 13.5. The molecule has 282 valence electrons. The zero-order chi connectivity index (χ0) is 36.7. The van der Waals surface area contributed by atoms with E-state index in [0.717, 1.165) is 18.9 Å². The molecule has 1 saturated heterocycles. The van der Waals surface area contributed by atoms with E-state index in [0.29, 0.717) is 79.4 Å². The van der Waals surface area contributed by atoms with Gasteiger partial charge in [-0.25, -0.2) is 0 Å². The number of hydrogen-bond acceptors (Lipinski definition) is 8. The zero-order valence-electron chi connectivity index (χ0n) is 28.9. The van der Waals surface area contributed by atoms with Gasteiger partial charge >= 0.3 is 6.18 Å². The molecule has 0 bridgehead atoms. The lowest BCUT2D eigenvalue weighted by Gasteiger charge is -2.28. The number of nitrogens with two attached hydrogens (primary N) is 1. The maximum absolute atomic E-state index is 14.2. The predicted octanol–water partition coefficient (Wildman–Crippen LogP) is 4.89. The standard InChI is InChI=1S/C37H42F3N9O3.ClH/c38-37(39,40)31-20-27(11-14-30(31)35(51)43-29-15-17-42-18-16-29)24-5-1-22(2-6-24)19-32(45-34(50)26-7-3-23(21-41)4-8-26)36(52)44-28-12-9-25(10-13-28)33-46-48-49-47-33;/h1-2,5-6,9-14,20,23,26,29,32,42H,3-4,7-8,15-19,21,41H2,(H,43,51)(H,44,52)(H,45,50)(H,46,47,48,49);1H/t23?,26?,32-;/m0./s1. The Labute approximate surface area is 311 Å². The number of anilines is 1. The molecule has 3 aromatic carbocycles. The van der Waals surface area contributed by atoms with Gasteiger partial charge in [0.1, 0.15) is 6.04 Å². The average Bonchev–Trinajstić information content (AvgIpc) is 3.70. The zero-order valence-corrected chi connectivity index (χ0v) is 29.7. The fourth-order valence-corrected chi connectivity index (χ4v) is 6.83. The Hall–Kier alpha value is -4.86. The monoisotopic (exact) mass is 753 g/mol. The van der Waals surface area contributed by atoms with Crippen molar-refractivity contribution in [3.8, 4) is 22.5 Å². The van der Waals surface area contributed by atoms with Crippen LogP contribution in [0, 0.1) is 11.8 Å². The van der Waals surface area contributed by atoms with Gasteiger partial charge in [-0.15, -0.1) is 22.6 Å². The molecule has 0 spiro atoms. The molecule has 1 aromatic heterocycles. The highest BCUT2D eigenvalue weighted by molar-refractivity contribution is 5.98. The van der Waals surface area contributed by atoms with E-state index in [4.69, 9.17) is 5.73 Å². The first-order valence-corrected chi connectivity index (χ1v) is 17.5. The van der Waals surface area contributed by atoms with Crippen molar-refractivity contribution < 1.29 is 27.6 Å². The topological polar surface area (TPSA) is 180 Å². The van der Waals surface area contributed by atoms with Crippen LogP contribution >= 0.6 is 12.4 Å². The number of carbonyl (C=O) groups excluding carboxylic acids is 3. The van der Waals surface area contributed by atoms with E-state index in [1.54, 1.807) is 48.5 Å². The third-order valence-electron chi connectivity index (χ3n) is 9.91. The lowest BCUT2D eigenvalue weighted by Crippen LogP contribution is -2.48. The van der Waals surface area contributed by atoms with E-state index in [1.807, 2.05) is 0 Å². The van der Waals surface area contributed by atoms with Gasteiger partial charge in [-0.1, -0.05) is 30.3 Å². The van der Waals surface area contributed by atoms with Crippen LogP contribution in [0.1, 0.15) is 60.0 Å². The SMILES string of the molecule is Cl.NCC1CCC(C(=O)N[C@@H](Cc2ccc(-c3ccc(C(=O)NC4CCNCC4)c(C(F)(F)F)c3)cc2)C(=O)Nc2ccc(-c3nn[nH]n3)cc2)CC1. The number of nitrogens with one attached hydrogen (secondary N) is 5. The van der Waals surface area contributed by atoms with Crippen molar-refractivity contribution in [1.82, 2.24) is 36.6 Å². The first-order valence-electron chi connectivity index (χ1n) is 17.5. The van der Waals surface area contributed by atoms with Crippen molar-refractivity contribution in [1.29, 1.82) is 0 Å². The molecule has 6 rings (SSSR count). The Morgan fingerprint density at radius 2 is 1.53 bits per heavy atom. The van der Waals surface area contributed by atoms with Crippen LogP contribution in [-0.2, 0) is 22.2 Å². The number of piperidine rings is 1. The van der Waals surface area contributed by atoms with Gasteiger partial charge in [-0.2, -0.15) is 18.4 Å². The minimum atomic E-state index is -4.74. The van der Waals surface area contributed by atoms with Gasteiger partial charge in [-0.05, 0) is 122 Å². The number of amides is 3. The second-order valence-corrected chi connectivity index (χ2v) is 13.5. The van der Waals surface area contributed by atoms with Gasteiger partial charge in [0.15, 0.2) is 0 Å². The number of tetrazole rings is 1. The number of carbonyl (C=O) groups is 3. The molecule has 7 N–H and O–H groups in total. The summed E-state index contributed by atoms with van der Waals surface area (Å²) >= 11 is 0. The lowest BCUT2D eigenvalue weighted by molar-refractivity contribution is -0.138. The van der Waals surface area contributed by atoms with Crippen LogP contribution in [0.15, 0.2) is 66.7 Å². The number of hydrogen-bond donors (Lipinski definition) is 6. The van der Waals surface area contributed by atoms with E-state index in [2.05, 4.69) is 41.9 Å². The molecule has 2 fully saturated rings. The smallest absolute Gasteiger partial charge is 0.349 e. The lowest BCUT2D eigenvalue weighted by atomic mass is 9.81. The Bertz CT molecular complexity index is 1830. The van der Waals surface area contributed by atoms with Crippen molar-refractivity contribution in [3.63, 3.8) is 0 Å². The Kier molecular flexibility index (Phi) is 13.2. The van der Waals surface area contributed by atoms with Crippen LogP contribution in [0.4, 0.5) is 18.9 Å². The predicted molar refractivity (Wildman–Crippen MR) is 196 cm³/mol. The Morgan fingerprint density at radius 3 is 2.15 bits per heavy atom. The molecule has 0 radical (unpaired) electrons. The molecule has 0 unspecified atom stereocenters. The van der Waals surface area contributed by atoms with Crippen molar-refractivity contribution in [2.45, 2.75) is 63.2 Å². The number of H-pyrrole nitrogens is 1. The van der Waals surface area contributed by atoms with Gasteiger partial charge in [0, 0.05) is 29.6 Å². The first-order chi connectivity index (χ1) is 25.1. The van der Waals surface area contributed by atoms with Crippen LogP contribution in [-0.4, -0.2) is 70.1 Å². The van der Waals surface area contributed by atoms with Crippen molar-refractivity contribution in [2.24, 2.45) is 17.6 Å². The maximum atomic E-state index is 14.2. The molecule has 4 aromatic rings. The van der Waals surface area contributed by atoms with Crippen LogP contribution in [0.25, 0.3) is 22.5 Å². The highest BCUT2D eigenvalue weighted by Gasteiger charge is 2.36. The number of alkyl halides is 3. The molecule has 2 heterocycles. The van der Waals surface area contributed by atoms with E-state index >= 15 is 0 Å². The molecule has 1 aliphatic heterocycles. The molecule has 1 aliphatic carbocycles. The molecule has 53 heavy (non-hydrogen) atoms. The number of rotatable bonds is 11. The molecule has 3 amide bonds. The summed E-state index contributed by atoms with van der Waals surface area (Å²) in [5, 5.41) is 25.6. The molecule has 2 aliphatic rings. The number of halogens is 4. The Balaban J connectivity index is 0.00000541. The quantitative estimate of drug-likeness (QED) is 0.125. The molecular weight excluding hydrogens is 711 g/mol. The highest BCUT2D eigenvalue weighted by atomic mass is 35.5. The second kappa shape index (κ2) is 17.8. The van der Waals surface area contributed by atoms with Crippen molar-refractivity contribution in [3.05, 3.63) is 83.4 Å². The summed E-state index contributed by atoms with van der Waals surface area (Å²) in [6.45, 7) is 1.96. The fraction of sp³-hybridized carbons (Fsp3) is 0.405. The minimum absolute atomic E-state index is 0. The molecule has 16 heteroatoms. The minimum Gasteiger partial charge on any atom is -0.349 e. The van der Waals surface area contributed by atoms with Crippen LogP contribution in [0.2, 0.25) is 0 Å². The van der Waals surface area contributed by atoms with Crippen molar-refractivity contribution >= 4 is 35.8 Å². The number of aromatic amines is 1. The number of nitrogens with zero attached hydrogens (tertiary/aromatic N) is 3. The van der Waals surface area contributed by atoms with Crippen LogP contribution < -0.4 is 27.0 Å². The summed E-state index contributed by atoms with van der Waals surface area (Å²) in [5.41, 5.74) is 7.09. The third-order valence-corrected chi connectivity index (χ3v) is 9.91. The molecule has 12 nitrogen and oxygen atoms in total. The normalized spacial score (nSPS) is 18.3. The van der Waals surface area contributed by atoms with Gasteiger partial charge in [0.2, 0.25) is 17.6 Å². The van der Waals surface area contributed by atoms with Crippen LogP contribution in [0.5, 0.6) is 0 Å². The van der Waals surface area contributed by atoms with Gasteiger partial charge in [0.25, 0.3) is 5.91 Å². The molecule has 1 saturated carbocycles. The summed E-state index contributed by atoms with van der Waals surface area (Å²) in [4.78, 5) is 40.0. The van der Waals surface area contributed by atoms with E-state index < -0.39 is 35.2 Å². The molecule has 1 atom stereocenters. The number of benzene rings is 3. The van der Waals surface area contributed by atoms with Crippen molar-refractivity contribution in [2.75, 3.05) is 25.0 Å². The third kappa shape index (κ3) is 10.2. The summed E-state index contributed by atoms with van der Waals surface area (Å²) < 4.78 is 42.6. The molecular formula is C37H43ClF3N9O3. The Morgan fingerprint density at radius 1 is 0.868 bits per heavy atom. The van der Waals surface area contributed by atoms with Gasteiger partial charge in [-0.3, -0.25) is 14.4 Å². The maximum Gasteiger partial charge on any atom is 0.417 e. The largest absolute Gasteiger partial charge is 0.417 e. The van der Waals surface area contributed by atoms with Gasteiger partial charge < -0.3 is 27.0 Å². The van der Waals surface area contributed by atoms with E-state index in [-0.39, 0.29) is 42.3 Å². The van der Waals surface area contributed by atoms with E-state index in [9.17, 15) is 27.6 Å². The highest BCUT2D eigenvalue weighted by Crippen LogP contribution is 2.35.